The van der Waals surface area contributed by atoms with E-state index >= 15 is 0 Å². The van der Waals surface area contributed by atoms with Crippen molar-refractivity contribution in [1.29, 1.82) is 0 Å². The third kappa shape index (κ3) is 5.72. The minimum absolute atomic E-state index is 0.787. The van der Waals surface area contributed by atoms with Gasteiger partial charge < -0.3 is 9.64 Å². The maximum Gasteiger partial charge on any atom is 0.125 e. The van der Waals surface area contributed by atoms with Gasteiger partial charge in [0.2, 0.25) is 0 Å². The van der Waals surface area contributed by atoms with Crippen LogP contribution in [0.4, 0.5) is 0 Å². The van der Waals surface area contributed by atoms with Crippen LogP contribution < -0.4 is 9.64 Å². The molecule has 0 aliphatic heterocycles. The molecule has 0 radical (unpaired) electrons. The van der Waals surface area contributed by atoms with Gasteiger partial charge in [-0.1, -0.05) is 11.6 Å². The summed E-state index contributed by atoms with van der Waals surface area (Å²) in [5.41, 5.74) is 2.25. The highest BCUT2D eigenvalue weighted by Gasteiger charge is 2.06. The number of nitrogens with one attached hydrogen (secondary N) is 1. The van der Waals surface area contributed by atoms with E-state index in [9.17, 15) is 0 Å². The van der Waals surface area contributed by atoms with Crippen molar-refractivity contribution < 1.29 is 9.64 Å². The van der Waals surface area contributed by atoms with Gasteiger partial charge >= 0.3 is 0 Å². The molecule has 0 amide bonds. The van der Waals surface area contributed by atoms with E-state index < -0.39 is 0 Å². The van der Waals surface area contributed by atoms with Crippen LogP contribution in [0.15, 0.2) is 12.1 Å². The molecule has 114 valence electrons. The van der Waals surface area contributed by atoms with Crippen LogP contribution in [0, 0.1) is 13.8 Å². The Morgan fingerprint density at radius 1 is 1.00 bits per heavy atom. The molecule has 0 spiro atoms. The average Bonchev–Trinajstić information content (AvgIpc) is 2.40. The van der Waals surface area contributed by atoms with Crippen molar-refractivity contribution in [2.45, 2.75) is 47.0 Å². The van der Waals surface area contributed by atoms with Gasteiger partial charge in [0.05, 0.1) is 26.2 Å². The van der Waals surface area contributed by atoms with Crippen LogP contribution in [0.3, 0.4) is 0 Å². The lowest BCUT2D eigenvalue weighted by molar-refractivity contribution is -0.896. The lowest BCUT2D eigenvalue weighted by atomic mass is 10.1. The van der Waals surface area contributed by atoms with Crippen LogP contribution in [0.2, 0.25) is 5.02 Å². The quantitative estimate of drug-likeness (QED) is 0.690. The number of hydrogen-bond donors (Lipinski definition) is 1. The van der Waals surface area contributed by atoms with Crippen LogP contribution in [0.1, 0.15) is 44.2 Å². The summed E-state index contributed by atoms with van der Waals surface area (Å²) in [7, 11) is 0. The van der Waals surface area contributed by atoms with Gasteiger partial charge in [-0.25, -0.2) is 0 Å². The Kier molecular flexibility index (Phi) is 8.01. The summed E-state index contributed by atoms with van der Waals surface area (Å²) in [6, 6.07) is 3.93. The standard InChI is InChI=1S/C17H28ClNO/c1-5-19(6-2)10-8-7-9-11-20-17-14(3)12-16(18)13-15(17)4/h12-13H,5-11H2,1-4H3/p+1. The van der Waals surface area contributed by atoms with Crippen molar-refractivity contribution >= 4 is 11.6 Å². The van der Waals surface area contributed by atoms with Gasteiger partial charge in [-0.15, -0.1) is 0 Å². The highest BCUT2D eigenvalue weighted by Crippen LogP contribution is 2.27. The number of halogens is 1. The number of unbranched alkanes of at least 4 members (excludes halogenated alkanes) is 2. The number of hydrogen-bond acceptors (Lipinski definition) is 1. The third-order valence-corrected chi connectivity index (χ3v) is 4.06. The normalized spacial score (nSPS) is 11.1. The smallest absolute Gasteiger partial charge is 0.125 e. The first kappa shape index (κ1) is 17.3. The second kappa shape index (κ2) is 9.25. The van der Waals surface area contributed by atoms with E-state index in [1.165, 1.54) is 32.5 Å². The van der Waals surface area contributed by atoms with E-state index in [4.69, 9.17) is 16.3 Å². The van der Waals surface area contributed by atoms with Gasteiger partial charge in [-0.05, 0) is 70.2 Å². The largest absolute Gasteiger partial charge is 0.493 e. The van der Waals surface area contributed by atoms with E-state index in [-0.39, 0.29) is 0 Å². The number of quaternary nitrogens is 1. The second-order valence-electron chi connectivity index (χ2n) is 5.48. The van der Waals surface area contributed by atoms with Crippen molar-refractivity contribution in [2.75, 3.05) is 26.2 Å². The third-order valence-electron chi connectivity index (χ3n) is 3.85. The van der Waals surface area contributed by atoms with Gasteiger partial charge in [0, 0.05) is 5.02 Å². The Morgan fingerprint density at radius 2 is 1.60 bits per heavy atom. The van der Waals surface area contributed by atoms with Crippen molar-refractivity contribution in [1.82, 2.24) is 0 Å². The minimum Gasteiger partial charge on any atom is -0.493 e. The molecule has 0 unspecified atom stereocenters. The Morgan fingerprint density at radius 3 is 2.15 bits per heavy atom. The second-order valence-corrected chi connectivity index (χ2v) is 5.92. The fourth-order valence-electron chi connectivity index (χ4n) is 2.56. The molecule has 0 aliphatic rings. The van der Waals surface area contributed by atoms with E-state index in [0.29, 0.717) is 0 Å². The molecule has 2 nitrogen and oxygen atoms in total. The fourth-order valence-corrected chi connectivity index (χ4v) is 2.88. The zero-order valence-electron chi connectivity index (χ0n) is 13.4. The summed E-state index contributed by atoms with van der Waals surface area (Å²) >= 11 is 6.02. The monoisotopic (exact) mass is 298 g/mol. The zero-order valence-corrected chi connectivity index (χ0v) is 14.1. The van der Waals surface area contributed by atoms with Crippen molar-refractivity contribution in [3.05, 3.63) is 28.3 Å². The lowest BCUT2D eigenvalue weighted by Crippen LogP contribution is -3.11. The maximum atomic E-state index is 6.02. The van der Waals surface area contributed by atoms with Gasteiger partial charge in [0.25, 0.3) is 0 Å². The molecular weight excluding hydrogens is 270 g/mol. The number of rotatable bonds is 9. The first-order chi connectivity index (χ1) is 9.58. The summed E-state index contributed by atoms with van der Waals surface area (Å²) in [6.07, 6.45) is 3.66. The molecule has 3 heteroatoms. The number of ether oxygens (including phenoxy) is 1. The Hall–Kier alpha value is -0.730. The van der Waals surface area contributed by atoms with Gasteiger partial charge in [0.1, 0.15) is 5.75 Å². The molecule has 0 atom stereocenters. The van der Waals surface area contributed by atoms with E-state index in [1.54, 1.807) is 4.90 Å². The number of aryl methyl sites for hydroxylation is 2. The van der Waals surface area contributed by atoms with Crippen molar-refractivity contribution in [3.63, 3.8) is 0 Å². The molecule has 0 saturated heterocycles. The average molecular weight is 299 g/mol. The number of benzene rings is 1. The summed E-state index contributed by atoms with van der Waals surface area (Å²) in [5, 5.41) is 0.787. The first-order valence-corrected chi connectivity index (χ1v) is 8.19. The molecule has 0 aromatic heterocycles. The van der Waals surface area contributed by atoms with Gasteiger partial charge in [-0.2, -0.15) is 0 Å². The molecular formula is C17H29ClNO+. The highest BCUT2D eigenvalue weighted by molar-refractivity contribution is 6.30. The molecule has 1 rings (SSSR count). The topological polar surface area (TPSA) is 13.7 Å². The van der Waals surface area contributed by atoms with Crippen LogP contribution in [-0.4, -0.2) is 26.2 Å². The summed E-state index contributed by atoms with van der Waals surface area (Å²) in [4.78, 5) is 1.69. The van der Waals surface area contributed by atoms with Crippen LogP contribution in [-0.2, 0) is 0 Å². The Labute approximate surface area is 129 Å². The predicted octanol–water partition coefficient (Wildman–Crippen LogP) is 3.43. The van der Waals surface area contributed by atoms with Crippen molar-refractivity contribution in [2.24, 2.45) is 0 Å². The maximum absolute atomic E-state index is 6.02. The first-order valence-electron chi connectivity index (χ1n) is 7.81. The Balaban J connectivity index is 2.25. The van der Waals surface area contributed by atoms with Crippen molar-refractivity contribution in [3.8, 4) is 5.75 Å². The van der Waals surface area contributed by atoms with Crippen LogP contribution >= 0.6 is 11.6 Å². The molecule has 0 fully saturated rings. The molecule has 1 aromatic rings. The molecule has 0 heterocycles. The molecule has 1 N–H and O–H groups in total. The van der Waals surface area contributed by atoms with Gasteiger partial charge in [0.15, 0.2) is 0 Å². The van der Waals surface area contributed by atoms with Crippen LogP contribution in [0.25, 0.3) is 0 Å². The minimum atomic E-state index is 0.787. The zero-order chi connectivity index (χ0) is 15.0. The predicted molar refractivity (Wildman–Crippen MR) is 87.2 cm³/mol. The summed E-state index contributed by atoms with van der Waals surface area (Å²) in [6.45, 7) is 13.2. The SMILES string of the molecule is CC[NH+](CC)CCCCCOc1c(C)cc(Cl)cc1C. The molecule has 0 saturated carbocycles. The molecule has 0 bridgehead atoms. The van der Waals surface area contributed by atoms with Gasteiger partial charge in [-0.3, -0.25) is 0 Å². The summed E-state index contributed by atoms with van der Waals surface area (Å²) < 4.78 is 5.92. The molecule has 1 aromatic carbocycles. The van der Waals surface area contributed by atoms with Crippen LogP contribution in [0.5, 0.6) is 5.75 Å². The van der Waals surface area contributed by atoms with E-state index in [0.717, 1.165) is 34.9 Å². The summed E-state index contributed by atoms with van der Waals surface area (Å²) in [5.74, 6) is 1.00. The Bertz CT molecular complexity index is 379. The molecule has 0 aliphatic carbocycles. The highest BCUT2D eigenvalue weighted by atomic mass is 35.5. The fraction of sp³-hybridized carbons (Fsp3) is 0.647. The molecule has 20 heavy (non-hydrogen) atoms. The van der Waals surface area contributed by atoms with E-state index in [1.807, 2.05) is 12.1 Å². The lowest BCUT2D eigenvalue weighted by Gasteiger charge is -2.15. The van der Waals surface area contributed by atoms with E-state index in [2.05, 4.69) is 27.7 Å².